The Balaban J connectivity index is 0.000000206. The second-order valence-electron chi connectivity index (χ2n) is 34.0. The minimum atomic E-state index is 0.220. The number of anilines is 4. The number of hydrogen-bond acceptors (Lipinski definition) is 8. The number of rotatable bonds is 24. The van der Waals surface area contributed by atoms with Gasteiger partial charge in [0.15, 0.2) is 0 Å². The molecule has 2 aromatic rings. The largest absolute Gasteiger partial charge is 0.491 e. The Labute approximate surface area is 527 Å². The van der Waals surface area contributed by atoms with Gasteiger partial charge < -0.3 is 41.9 Å². The van der Waals surface area contributed by atoms with Crippen molar-refractivity contribution >= 4 is 22.7 Å². The zero-order valence-electron chi connectivity index (χ0n) is 57.9. The Bertz CT molecular complexity index is 2480. The van der Waals surface area contributed by atoms with Crippen LogP contribution in [0.2, 0.25) is 0 Å². The van der Waals surface area contributed by atoms with Gasteiger partial charge in [-0.1, -0.05) is 129 Å². The van der Waals surface area contributed by atoms with Crippen molar-refractivity contribution in [3.63, 3.8) is 0 Å². The van der Waals surface area contributed by atoms with E-state index in [1.54, 1.807) is 12.1 Å². The molecule has 2 aromatic carbocycles. The van der Waals surface area contributed by atoms with E-state index in [-0.39, 0.29) is 5.41 Å². The topological polar surface area (TPSA) is 141 Å². The molecule has 0 bridgehead atoms. The molecule has 8 aliphatic carbocycles. The normalized spacial score (nSPS) is 38.0. The molecule has 0 aromatic heterocycles. The highest BCUT2D eigenvalue weighted by Crippen LogP contribution is 2.75. The van der Waals surface area contributed by atoms with Crippen LogP contribution in [0.25, 0.3) is 0 Å². The number of fused-ring (bicyclic) bond motifs is 10. The summed E-state index contributed by atoms with van der Waals surface area (Å²) in [5.41, 5.74) is 29.1. The molecular formula is C78H132N4O4. The summed E-state index contributed by atoms with van der Waals surface area (Å²) < 4.78 is 25.0. The summed E-state index contributed by atoms with van der Waals surface area (Å²) in [7, 11) is 0. The molecule has 15 unspecified atom stereocenters. The van der Waals surface area contributed by atoms with Crippen molar-refractivity contribution in [1.82, 2.24) is 0 Å². The maximum atomic E-state index is 6.72. The molecule has 0 amide bonds. The molecule has 19 atom stereocenters. The lowest BCUT2D eigenvalue weighted by molar-refractivity contribution is -0.208. The van der Waals surface area contributed by atoms with Crippen LogP contribution in [0.1, 0.15) is 264 Å². The predicted molar refractivity (Wildman–Crippen MR) is 364 cm³/mol. The fourth-order valence-corrected chi connectivity index (χ4v) is 22.8. The van der Waals surface area contributed by atoms with Gasteiger partial charge in [-0.05, 0) is 287 Å². The van der Waals surface area contributed by atoms with Crippen LogP contribution in [0.5, 0.6) is 11.5 Å². The van der Waals surface area contributed by atoms with Gasteiger partial charge in [-0.25, -0.2) is 0 Å². The second-order valence-corrected chi connectivity index (χ2v) is 34.0. The summed E-state index contributed by atoms with van der Waals surface area (Å²) in [6.07, 6.45) is 35.9. The van der Waals surface area contributed by atoms with Crippen molar-refractivity contribution in [2.24, 2.45) is 115 Å². The van der Waals surface area contributed by atoms with Crippen molar-refractivity contribution in [1.29, 1.82) is 0 Å². The zero-order chi connectivity index (χ0) is 62.0. The average molecular weight is 1190 g/mol. The van der Waals surface area contributed by atoms with E-state index in [4.69, 9.17) is 41.9 Å². The van der Waals surface area contributed by atoms with Crippen molar-refractivity contribution in [3.05, 3.63) is 36.4 Å². The first-order valence-corrected chi connectivity index (χ1v) is 36.6. The molecule has 8 saturated carbocycles. The summed E-state index contributed by atoms with van der Waals surface area (Å²) in [6.45, 7) is 39.0. The van der Waals surface area contributed by atoms with E-state index in [9.17, 15) is 0 Å². The van der Waals surface area contributed by atoms with Crippen LogP contribution in [0, 0.1) is 115 Å². The summed E-state index contributed by atoms with van der Waals surface area (Å²) in [6, 6.07) is 10.9. The van der Waals surface area contributed by atoms with Crippen molar-refractivity contribution < 1.29 is 18.9 Å². The first-order valence-electron chi connectivity index (χ1n) is 36.6. The zero-order valence-corrected chi connectivity index (χ0v) is 57.9. The maximum absolute atomic E-state index is 6.72. The molecule has 0 radical (unpaired) electrons. The van der Waals surface area contributed by atoms with Gasteiger partial charge in [0.2, 0.25) is 0 Å². The quantitative estimate of drug-likeness (QED) is 0.0602. The molecule has 10 rings (SSSR count). The number of nitrogens with two attached hydrogens (primary N) is 4. The molecule has 8 nitrogen and oxygen atoms in total. The standard InChI is InChI=1S/C40H68N2O2.C38H64N2O2/c1-27(2)12-11-13-28(3)30-18-22-40(8)32-15-17-35-37(4,5)36(20-21-38(35,6)31(32)19-23-39(30,40)7)44-25-10-9-24-43-34-16-14-29(41)26-33(34)42;1-25(2)26(3)9-10-27(4)32-14-15-33-31-13-11-28-23-30(17-19-37(28,5)34(31)18-20-38(32,33)6)41-21-7-8-22-42-36-16-12-29(39)24-35(36)40/h14,16,26-28,30-32,35-36H,9-13,15,17-25,41-42H2,1-8H3;12,16,24-28,30-34H,7-11,13-15,17-23,39-40H2,1-6H3/t28?,30?,31?,32?,35?,36?,38?,39?,40-;26-,27?,28?,30?,31?,32?,33?,34?,37-,38+/m00/s1. The van der Waals surface area contributed by atoms with Crippen LogP contribution in [0.4, 0.5) is 22.7 Å². The molecule has 0 saturated heterocycles. The average Bonchev–Trinajstić information content (AvgIpc) is 1.28. The number of hydrogen-bond donors (Lipinski definition) is 4. The fourth-order valence-electron chi connectivity index (χ4n) is 22.8. The first-order chi connectivity index (χ1) is 40.8. The maximum Gasteiger partial charge on any atom is 0.142 e. The molecule has 488 valence electrons. The van der Waals surface area contributed by atoms with Crippen LogP contribution in [0.3, 0.4) is 0 Å². The van der Waals surface area contributed by atoms with E-state index >= 15 is 0 Å². The van der Waals surface area contributed by atoms with E-state index in [2.05, 4.69) is 96.9 Å². The van der Waals surface area contributed by atoms with Crippen LogP contribution in [-0.2, 0) is 9.47 Å². The highest BCUT2D eigenvalue weighted by atomic mass is 16.5. The van der Waals surface area contributed by atoms with Gasteiger partial charge in [0.1, 0.15) is 11.5 Å². The molecule has 8 aliphatic rings. The molecule has 8 heteroatoms. The minimum Gasteiger partial charge on any atom is -0.491 e. The predicted octanol–water partition coefficient (Wildman–Crippen LogP) is 20.3. The Morgan fingerprint density at radius 3 is 1.67 bits per heavy atom. The van der Waals surface area contributed by atoms with E-state index < -0.39 is 0 Å². The molecule has 86 heavy (non-hydrogen) atoms. The van der Waals surface area contributed by atoms with Gasteiger partial charge >= 0.3 is 0 Å². The Kier molecular flexibility index (Phi) is 22.0. The molecule has 0 spiro atoms. The van der Waals surface area contributed by atoms with E-state index in [0.29, 0.717) is 75.2 Å². The van der Waals surface area contributed by atoms with Gasteiger partial charge in [-0.2, -0.15) is 0 Å². The van der Waals surface area contributed by atoms with Gasteiger partial charge in [-0.3, -0.25) is 0 Å². The third-order valence-corrected chi connectivity index (χ3v) is 28.5. The Morgan fingerprint density at radius 2 is 1.03 bits per heavy atom. The summed E-state index contributed by atoms with van der Waals surface area (Å²) in [4.78, 5) is 0. The fraction of sp³-hybridized carbons (Fsp3) is 0.846. The summed E-state index contributed by atoms with van der Waals surface area (Å²) in [5, 5.41) is 0. The first kappa shape index (κ1) is 67.6. The van der Waals surface area contributed by atoms with Crippen molar-refractivity contribution in [2.75, 3.05) is 49.4 Å². The number of benzene rings is 2. The highest BCUT2D eigenvalue weighted by molar-refractivity contribution is 5.61. The summed E-state index contributed by atoms with van der Waals surface area (Å²) in [5.74, 6) is 13.9. The summed E-state index contributed by atoms with van der Waals surface area (Å²) >= 11 is 0. The second kappa shape index (κ2) is 27.9. The van der Waals surface area contributed by atoms with Crippen molar-refractivity contribution in [2.45, 2.75) is 276 Å². The van der Waals surface area contributed by atoms with Crippen molar-refractivity contribution in [3.8, 4) is 11.5 Å². The SMILES string of the molecule is CC(C)CCCC(C)C1CC[C@@]2(C)C3CCC4C(C)(C)C(OCCCCOc5ccc(N)cc5N)CCC4(C)C3CCC12C.CC(CC[C@H](C)C(C)C)C1CCC2C3CCC4CC(OCCCCOc5ccc(N)cc5N)CC[C@]4(C)C3CC[C@]12C. The lowest BCUT2D eigenvalue weighted by atomic mass is 9.38. The Morgan fingerprint density at radius 1 is 0.465 bits per heavy atom. The smallest absolute Gasteiger partial charge is 0.142 e. The molecule has 0 aliphatic heterocycles. The van der Waals surface area contributed by atoms with Crippen LogP contribution in [0.15, 0.2) is 36.4 Å². The number of nitrogen functional groups attached to an aromatic ring is 4. The van der Waals surface area contributed by atoms with E-state index in [1.807, 2.05) is 24.3 Å². The minimum absolute atomic E-state index is 0.220. The van der Waals surface area contributed by atoms with Gasteiger partial charge in [0, 0.05) is 24.6 Å². The molecular weight excluding hydrogens is 1060 g/mol. The molecule has 8 fully saturated rings. The third-order valence-electron chi connectivity index (χ3n) is 28.5. The van der Waals surface area contributed by atoms with E-state index in [1.165, 1.54) is 141 Å². The van der Waals surface area contributed by atoms with Crippen LogP contribution >= 0.6 is 0 Å². The van der Waals surface area contributed by atoms with Crippen LogP contribution in [-0.4, -0.2) is 38.6 Å². The molecule has 0 heterocycles. The number of ether oxygens (including phenoxy) is 4. The van der Waals surface area contributed by atoms with E-state index in [0.717, 1.165) is 133 Å². The van der Waals surface area contributed by atoms with Gasteiger partial charge in [-0.15, -0.1) is 0 Å². The van der Waals surface area contributed by atoms with Gasteiger partial charge in [0.25, 0.3) is 0 Å². The lowest BCUT2D eigenvalue weighted by Crippen LogP contribution is -2.62. The molecule has 8 N–H and O–H groups in total. The van der Waals surface area contributed by atoms with Crippen LogP contribution < -0.4 is 32.4 Å². The van der Waals surface area contributed by atoms with Gasteiger partial charge in [0.05, 0.1) is 36.8 Å². The third kappa shape index (κ3) is 13.8. The Hall–Kier alpha value is -2.84. The lowest BCUT2D eigenvalue weighted by Gasteiger charge is -2.67. The monoisotopic (exact) mass is 1190 g/mol. The number of unbranched alkanes of at least 4 members (excludes halogenated alkanes) is 2. The highest BCUT2D eigenvalue weighted by Gasteiger charge is 2.68.